The van der Waals surface area contributed by atoms with Crippen LogP contribution in [0.1, 0.15) is 21.7 Å². The van der Waals surface area contributed by atoms with Crippen molar-refractivity contribution in [2.45, 2.75) is 13.5 Å². The molecule has 0 aliphatic carbocycles. The summed E-state index contributed by atoms with van der Waals surface area (Å²) in [6.07, 6.45) is 3.59. The normalized spacial score (nSPS) is 24.1. The number of ketones is 1. The zero-order valence-corrected chi connectivity index (χ0v) is 16.4. The van der Waals surface area contributed by atoms with E-state index in [1.807, 2.05) is 19.1 Å². The summed E-state index contributed by atoms with van der Waals surface area (Å²) in [5.74, 6) is 0.820. The van der Waals surface area contributed by atoms with E-state index in [4.69, 9.17) is 4.74 Å². The summed E-state index contributed by atoms with van der Waals surface area (Å²) in [5, 5.41) is 0. The number of rotatable bonds is 3. The Balaban J connectivity index is 1.67. The number of fused-ring (bicyclic) bond motifs is 1. The first kappa shape index (κ1) is 18.6. The minimum atomic E-state index is -0.874. The molecule has 1 spiro atoms. The summed E-state index contributed by atoms with van der Waals surface area (Å²) in [7, 11) is 3.46. The standard InChI is InChI=1S/C21H24N4O3/c1-14-22-8-15(9-23-14)10-25-11-17(20(27)24(2)3)21(12-25)13-28-18-7-5-4-6-16(18)19(21)26/h4-9,17H,10-13H2,1-3H3/t17-,21-/m1/s1. The van der Waals surface area contributed by atoms with Crippen molar-refractivity contribution >= 4 is 11.7 Å². The van der Waals surface area contributed by atoms with Crippen molar-refractivity contribution in [2.75, 3.05) is 33.8 Å². The van der Waals surface area contributed by atoms with Crippen LogP contribution in [0.25, 0.3) is 0 Å². The van der Waals surface area contributed by atoms with Gasteiger partial charge in [0, 0.05) is 51.7 Å². The Hall–Kier alpha value is -2.80. The smallest absolute Gasteiger partial charge is 0.227 e. The number of aryl methyl sites for hydroxylation is 1. The van der Waals surface area contributed by atoms with Crippen LogP contribution in [0.2, 0.25) is 0 Å². The highest BCUT2D eigenvalue weighted by Crippen LogP contribution is 2.45. The van der Waals surface area contributed by atoms with E-state index in [0.29, 0.717) is 30.9 Å². The van der Waals surface area contributed by atoms with E-state index in [1.54, 1.807) is 43.5 Å². The third-order valence-electron chi connectivity index (χ3n) is 5.66. The Morgan fingerprint density at radius 1 is 1.29 bits per heavy atom. The third kappa shape index (κ3) is 3.05. The van der Waals surface area contributed by atoms with Gasteiger partial charge in [-0.15, -0.1) is 0 Å². The molecule has 0 saturated carbocycles. The van der Waals surface area contributed by atoms with Gasteiger partial charge in [-0.05, 0) is 19.1 Å². The van der Waals surface area contributed by atoms with E-state index in [2.05, 4.69) is 14.9 Å². The maximum atomic E-state index is 13.5. The van der Waals surface area contributed by atoms with Crippen molar-refractivity contribution < 1.29 is 14.3 Å². The molecule has 1 aromatic carbocycles. The summed E-state index contributed by atoms with van der Waals surface area (Å²) >= 11 is 0. The lowest BCUT2D eigenvalue weighted by atomic mass is 9.71. The highest BCUT2D eigenvalue weighted by Gasteiger charge is 2.58. The number of likely N-dealkylation sites (tertiary alicyclic amines) is 1. The molecule has 0 N–H and O–H groups in total. The molecule has 0 radical (unpaired) electrons. The Morgan fingerprint density at radius 2 is 2.00 bits per heavy atom. The molecule has 1 aromatic heterocycles. The lowest BCUT2D eigenvalue weighted by molar-refractivity contribution is -0.135. The molecule has 0 bridgehead atoms. The quantitative estimate of drug-likeness (QED) is 0.805. The zero-order chi connectivity index (χ0) is 19.9. The van der Waals surface area contributed by atoms with Crippen molar-refractivity contribution in [1.82, 2.24) is 19.8 Å². The van der Waals surface area contributed by atoms with Crippen molar-refractivity contribution in [2.24, 2.45) is 11.3 Å². The average Bonchev–Trinajstić information content (AvgIpc) is 3.05. The SMILES string of the molecule is Cc1ncc(CN2C[C@H](C(=O)N(C)C)[C@]3(COc4ccccc4C3=O)C2)cn1. The maximum absolute atomic E-state index is 13.5. The second kappa shape index (κ2) is 6.98. The molecule has 1 fully saturated rings. The van der Waals surface area contributed by atoms with Crippen LogP contribution in [-0.2, 0) is 11.3 Å². The fourth-order valence-corrected chi connectivity index (χ4v) is 4.21. The van der Waals surface area contributed by atoms with Gasteiger partial charge in [-0.25, -0.2) is 9.97 Å². The molecule has 2 atom stereocenters. The van der Waals surface area contributed by atoms with Gasteiger partial charge >= 0.3 is 0 Å². The number of para-hydroxylation sites is 1. The summed E-state index contributed by atoms with van der Waals surface area (Å²) in [5.41, 5.74) is 0.649. The molecule has 2 aromatic rings. The summed E-state index contributed by atoms with van der Waals surface area (Å²) < 4.78 is 5.96. The number of aromatic nitrogens is 2. The van der Waals surface area contributed by atoms with Crippen LogP contribution in [0.4, 0.5) is 0 Å². The monoisotopic (exact) mass is 380 g/mol. The van der Waals surface area contributed by atoms with Crippen molar-refractivity contribution in [3.05, 3.63) is 53.6 Å². The molecule has 7 nitrogen and oxygen atoms in total. The van der Waals surface area contributed by atoms with E-state index in [0.717, 1.165) is 11.4 Å². The number of nitrogens with zero attached hydrogens (tertiary/aromatic N) is 4. The van der Waals surface area contributed by atoms with Crippen molar-refractivity contribution in [3.8, 4) is 5.75 Å². The molecule has 1 amide bonds. The molecule has 28 heavy (non-hydrogen) atoms. The summed E-state index contributed by atoms with van der Waals surface area (Å²) in [6, 6.07) is 7.27. The molecule has 4 rings (SSSR count). The lowest BCUT2D eigenvalue weighted by Gasteiger charge is -2.37. The summed E-state index contributed by atoms with van der Waals surface area (Å²) in [4.78, 5) is 38.7. The zero-order valence-electron chi connectivity index (χ0n) is 16.4. The number of carbonyl (C=O) groups excluding carboxylic acids is 2. The van der Waals surface area contributed by atoms with Gasteiger partial charge in [0.15, 0.2) is 5.78 Å². The van der Waals surface area contributed by atoms with Gasteiger partial charge in [0.1, 0.15) is 18.2 Å². The lowest BCUT2D eigenvalue weighted by Crippen LogP contribution is -2.51. The fourth-order valence-electron chi connectivity index (χ4n) is 4.21. The van der Waals surface area contributed by atoms with Crippen LogP contribution in [-0.4, -0.2) is 65.2 Å². The Labute approximate surface area is 164 Å². The van der Waals surface area contributed by atoms with Gasteiger partial charge < -0.3 is 9.64 Å². The molecular weight excluding hydrogens is 356 g/mol. The van der Waals surface area contributed by atoms with Crippen LogP contribution in [0, 0.1) is 18.3 Å². The number of amides is 1. The number of hydrogen-bond donors (Lipinski definition) is 0. The number of carbonyl (C=O) groups is 2. The predicted molar refractivity (Wildman–Crippen MR) is 103 cm³/mol. The van der Waals surface area contributed by atoms with Crippen LogP contribution >= 0.6 is 0 Å². The van der Waals surface area contributed by atoms with Gasteiger partial charge in [-0.2, -0.15) is 0 Å². The number of benzene rings is 1. The molecular formula is C21H24N4O3. The first-order valence-electron chi connectivity index (χ1n) is 9.38. The van der Waals surface area contributed by atoms with E-state index < -0.39 is 11.3 Å². The molecule has 0 unspecified atom stereocenters. The Kier molecular flexibility index (Phi) is 4.63. The Bertz CT molecular complexity index is 912. The minimum Gasteiger partial charge on any atom is -0.492 e. The first-order chi connectivity index (χ1) is 13.4. The van der Waals surface area contributed by atoms with Crippen LogP contribution in [0.15, 0.2) is 36.7 Å². The van der Waals surface area contributed by atoms with E-state index in [-0.39, 0.29) is 18.3 Å². The predicted octanol–water partition coefficient (Wildman–Crippen LogP) is 1.57. The van der Waals surface area contributed by atoms with Crippen molar-refractivity contribution in [3.63, 3.8) is 0 Å². The maximum Gasteiger partial charge on any atom is 0.227 e. The number of ether oxygens (including phenoxy) is 1. The first-order valence-corrected chi connectivity index (χ1v) is 9.38. The van der Waals surface area contributed by atoms with Crippen LogP contribution in [0.5, 0.6) is 5.75 Å². The molecule has 1 saturated heterocycles. The van der Waals surface area contributed by atoms with Crippen LogP contribution in [0.3, 0.4) is 0 Å². The van der Waals surface area contributed by atoms with Gasteiger partial charge in [0.25, 0.3) is 0 Å². The van der Waals surface area contributed by atoms with E-state index in [9.17, 15) is 9.59 Å². The number of Topliss-reactive ketones (excluding diaryl/α,β-unsaturated/α-hetero) is 1. The minimum absolute atomic E-state index is 0.00259. The summed E-state index contributed by atoms with van der Waals surface area (Å²) in [6.45, 7) is 3.62. The largest absolute Gasteiger partial charge is 0.492 e. The van der Waals surface area contributed by atoms with Crippen molar-refractivity contribution in [1.29, 1.82) is 0 Å². The number of hydrogen-bond acceptors (Lipinski definition) is 6. The molecule has 3 heterocycles. The highest BCUT2D eigenvalue weighted by molar-refractivity contribution is 6.06. The van der Waals surface area contributed by atoms with Gasteiger partial charge in [-0.3, -0.25) is 14.5 Å². The average molecular weight is 380 g/mol. The van der Waals surface area contributed by atoms with E-state index in [1.165, 1.54) is 0 Å². The topological polar surface area (TPSA) is 75.6 Å². The second-order valence-electron chi connectivity index (χ2n) is 7.86. The second-order valence-corrected chi connectivity index (χ2v) is 7.86. The molecule has 146 valence electrons. The third-order valence-corrected chi connectivity index (χ3v) is 5.66. The molecule has 2 aliphatic heterocycles. The van der Waals surface area contributed by atoms with Gasteiger partial charge in [0.2, 0.25) is 5.91 Å². The fraction of sp³-hybridized carbons (Fsp3) is 0.429. The molecule has 2 aliphatic rings. The molecule has 7 heteroatoms. The van der Waals surface area contributed by atoms with Gasteiger partial charge in [0.05, 0.1) is 16.9 Å². The Morgan fingerprint density at radius 3 is 2.71 bits per heavy atom. The highest BCUT2D eigenvalue weighted by atomic mass is 16.5. The van der Waals surface area contributed by atoms with E-state index >= 15 is 0 Å². The van der Waals surface area contributed by atoms with Gasteiger partial charge in [-0.1, -0.05) is 12.1 Å². The van der Waals surface area contributed by atoms with Crippen LogP contribution < -0.4 is 4.74 Å².